The molecule has 34 heavy (non-hydrogen) atoms. The number of nitrogens with two attached hydrogens (primary N) is 1. The summed E-state index contributed by atoms with van der Waals surface area (Å²) in [6.07, 6.45) is -4.00. The van der Waals surface area contributed by atoms with Gasteiger partial charge in [-0.2, -0.15) is 4.39 Å². The fourth-order valence-electron chi connectivity index (χ4n) is 2.92. The molecule has 2 heterocycles. The second-order valence-corrected chi connectivity index (χ2v) is 7.17. The summed E-state index contributed by atoms with van der Waals surface area (Å²) in [5.41, 5.74) is 4.20. The molecule has 9 nitrogen and oxygen atoms in total. The molecule has 0 saturated carbocycles. The van der Waals surface area contributed by atoms with Crippen LogP contribution in [0.1, 0.15) is 22.5 Å². The van der Waals surface area contributed by atoms with Crippen LogP contribution in [0.15, 0.2) is 47.5 Å². The van der Waals surface area contributed by atoms with Crippen molar-refractivity contribution in [3.63, 3.8) is 0 Å². The molecule has 182 valence electrons. The van der Waals surface area contributed by atoms with E-state index in [9.17, 15) is 31.5 Å². The van der Waals surface area contributed by atoms with E-state index >= 15 is 0 Å². The van der Waals surface area contributed by atoms with E-state index in [1.165, 1.54) is 29.2 Å². The Balaban J connectivity index is 1.50. The zero-order valence-electron chi connectivity index (χ0n) is 17.4. The number of nitrogens with zero attached hydrogens (tertiary/aromatic N) is 4. The lowest BCUT2D eigenvalue weighted by molar-refractivity contribution is -0.274. The number of ether oxygens (including phenoxy) is 1. The van der Waals surface area contributed by atoms with Crippen molar-refractivity contribution < 1.29 is 31.5 Å². The van der Waals surface area contributed by atoms with Gasteiger partial charge in [-0.3, -0.25) is 14.3 Å². The van der Waals surface area contributed by atoms with Gasteiger partial charge in [-0.1, -0.05) is 17.3 Å². The Morgan fingerprint density at radius 1 is 1.26 bits per heavy atom. The van der Waals surface area contributed by atoms with Crippen molar-refractivity contribution in [3.8, 4) is 5.75 Å². The summed E-state index contributed by atoms with van der Waals surface area (Å²) in [4.78, 5) is 24.0. The maximum Gasteiger partial charge on any atom is 0.573 e. The molecular formula is C20H19F5N6O3. The molecule has 1 amide bonds. The standard InChI is InChI=1S/C20H19F5N6O3/c21-13(10-30-6-5-15(26)17(22)19(30)33)4-7-31-11-16(28-29-31)18(32)27-9-12-2-1-3-14(8-12)34-20(23,24)25/h1-3,5-6,8,11,13H,4,7,9-10,26H2,(H,27,32). The molecule has 0 spiro atoms. The third kappa shape index (κ3) is 6.76. The number of aromatic nitrogens is 4. The number of pyridine rings is 1. The molecule has 0 saturated heterocycles. The monoisotopic (exact) mass is 486 g/mol. The highest BCUT2D eigenvalue weighted by atomic mass is 19.4. The van der Waals surface area contributed by atoms with Crippen molar-refractivity contribution in [2.24, 2.45) is 0 Å². The van der Waals surface area contributed by atoms with E-state index in [0.717, 1.165) is 22.8 Å². The van der Waals surface area contributed by atoms with E-state index < -0.39 is 42.1 Å². The van der Waals surface area contributed by atoms with Gasteiger partial charge in [-0.25, -0.2) is 4.39 Å². The first-order valence-corrected chi connectivity index (χ1v) is 9.83. The number of carbonyl (C=O) groups excluding carboxylic acids is 1. The summed E-state index contributed by atoms with van der Waals surface area (Å²) in [6.45, 7) is -0.472. The van der Waals surface area contributed by atoms with Gasteiger partial charge in [-0.15, -0.1) is 18.3 Å². The first kappa shape index (κ1) is 24.7. The largest absolute Gasteiger partial charge is 0.573 e. The minimum absolute atomic E-state index is 0.0183. The van der Waals surface area contributed by atoms with Crippen LogP contribution >= 0.6 is 0 Å². The number of nitrogens with one attached hydrogen (secondary N) is 1. The SMILES string of the molecule is Nc1ccn(CC(F)CCn2cc(C(=O)NCc3cccc(OC(F)(F)F)c3)nn2)c(=O)c1F. The molecule has 3 rings (SSSR count). The van der Waals surface area contributed by atoms with Crippen LogP contribution in [0.2, 0.25) is 0 Å². The van der Waals surface area contributed by atoms with E-state index in [2.05, 4.69) is 20.4 Å². The number of hydrogen-bond donors (Lipinski definition) is 2. The molecule has 3 N–H and O–H groups in total. The van der Waals surface area contributed by atoms with Gasteiger partial charge in [0, 0.05) is 19.3 Å². The molecule has 3 aromatic rings. The summed E-state index contributed by atoms with van der Waals surface area (Å²) < 4.78 is 70.6. The minimum Gasteiger partial charge on any atom is -0.406 e. The van der Waals surface area contributed by atoms with Crippen LogP contribution in [0.5, 0.6) is 5.75 Å². The Hall–Kier alpha value is -3.97. The Morgan fingerprint density at radius 3 is 2.76 bits per heavy atom. The Kier molecular flexibility index (Phi) is 7.48. The average Bonchev–Trinajstić information content (AvgIpc) is 3.25. The Morgan fingerprint density at radius 2 is 2.03 bits per heavy atom. The van der Waals surface area contributed by atoms with Crippen LogP contribution in [-0.4, -0.2) is 38.0 Å². The molecular weight excluding hydrogens is 467 g/mol. The second-order valence-electron chi connectivity index (χ2n) is 7.17. The lowest BCUT2D eigenvalue weighted by atomic mass is 10.2. The Labute approximate surface area is 188 Å². The van der Waals surface area contributed by atoms with Gasteiger partial charge in [0.2, 0.25) is 5.82 Å². The van der Waals surface area contributed by atoms with Crippen molar-refractivity contribution in [3.05, 3.63) is 70.2 Å². The number of rotatable bonds is 9. The number of halogens is 5. The molecule has 0 aliphatic carbocycles. The normalized spacial score (nSPS) is 12.4. The number of aryl methyl sites for hydroxylation is 1. The van der Waals surface area contributed by atoms with Crippen LogP contribution in [0.4, 0.5) is 27.6 Å². The number of anilines is 1. The number of carbonyl (C=O) groups is 1. The number of amides is 1. The molecule has 2 aromatic heterocycles. The average molecular weight is 486 g/mol. The number of alkyl halides is 4. The summed E-state index contributed by atoms with van der Waals surface area (Å²) >= 11 is 0. The fourth-order valence-corrected chi connectivity index (χ4v) is 2.92. The van der Waals surface area contributed by atoms with Crippen molar-refractivity contribution in [1.82, 2.24) is 24.9 Å². The summed E-state index contributed by atoms with van der Waals surface area (Å²) in [6, 6.07) is 6.26. The number of nitrogen functional groups attached to an aromatic ring is 1. The van der Waals surface area contributed by atoms with E-state index in [0.29, 0.717) is 5.56 Å². The topological polar surface area (TPSA) is 117 Å². The van der Waals surface area contributed by atoms with E-state index in [4.69, 9.17) is 5.73 Å². The van der Waals surface area contributed by atoms with Gasteiger partial charge >= 0.3 is 6.36 Å². The quantitative estimate of drug-likeness (QED) is 0.449. The summed E-state index contributed by atoms with van der Waals surface area (Å²) in [5.74, 6) is -2.22. The molecule has 0 aliphatic heterocycles. The molecule has 0 fully saturated rings. The highest BCUT2D eigenvalue weighted by molar-refractivity contribution is 5.91. The fraction of sp³-hybridized carbons (Fsp3) is 0.300. The lowest BCUT2D eigenvalue weighted by Crippen LogP contribution is -2.27. The number of benzene rings is 1. The van der Waals surface area contributed by atoms with Crippen molar-refractivity contribution in [2.45, 2.75) is 38.6 Å². The predicted octanol–water partition coefficient (Wildman–Crippen LogP) is 2.42. The van der Waals surface area contributed by atoms with Gasteiger partial charge < -0.3 is 20.4 Å². The van der Waals surface area contributed by atoms with E-state index in [1.807, 2.05) is 0 Å². The minimum atomic E-state index is -4.83. The smallest absolute Gasteiger partial charge is 0.406 e. The van der Waals surface area contributed by atoms with Crippen LogP contribution < -0.4 is 21.3 Å². The van der Waals surface area contributed by atoms with Gasteiger partial charge in [-0.05, 0) is 30.2 Å². The maximum absolute atomic E-state index is 14.3. The second kappa shape index (κ2) is 10.3. The van der Waals surface area contributed by atoms with Crippen molar-refractivity contribution >= 4 is 11.6 Å². The highest BCUT2D eigenvalue weighted by Gasteiger charge is 2.31. The first-order valence-electron chi connectivity index (χ1n) is 9.83. The summed E-state index contributed by atoms with van der Waals surface area (Å²) in [5, 5.41) is 9.88. The summed E-state index contributed by atoms with van der Waals surface area (Å²) in [7, 11) is 0. The molecule has 0 bridgehead atoms. The third-order valence-electron chi connectivity index (χ3n) is 4.56. The van der Waals surface area contributed by atoms with Crippen LogP contribution in [0.3, 0.4) is 0 Å². The molecule has 1 unspecified atom stereocenters. The molecule has 1 atom stereocenters. The zero-order valence-corrected chi connectivity index (χ0v) is 17.4. The molecule has 0 radical (unpaired) electrons. The van der Waals surface area contributed by atoms with Crippen molar-refractivity contribution in [1.29, 1.82) is 0 Å². The molecule has 0 aliphatic rings. The van der Waals surface area contributed by atoms with Crippen LogP contribution in [0, 0.1) is 5.82 Å². The van der Waals surface area contributed by atoms with Gasteiger partial charge in [0.1, 0.15) is 11.9 Å². The van der Waals surface area contributed by atoms with Crippen LogP contribution in [-0.2, 0) is 19.6 Å². The predicted molar refractivity (Wildman–Crippen MR) is 109 cm³/mol. The van der Waals surface area contributed by atoms with Crippen molar-refractivity contribution in [2.75, 3.05) is 5.73 Å². The Bertz CT molecular complexity index is 1210. The first-order chi connectivity index (χ1) is 16.0. The molecule has 1 aromatic carbocycles. The lowest BCUT2D eigenvalue weighted by Gasteiger charge is -2.11. The number of hydrogen-bond acceptors (Lipinski definition) is 6. The zero-order chi connectivity index (χ0) is 24.9. The van der Waals surface area contributed by atoms with Gasteiger partial charge in [0.15, 0.2) is 5.69 Å². The van der Waals surface area contributed by atoms with E-state index in [1.54, 1.807) is 0 Å². The third-order valence-corrected chi connectivity index (χ3v) is 4.56. The van der Waals surface area contributed by atoms with Gasteiger partial charge in [0.05, 0.1) is 18.4 Å². The van der Waals surface area contributed by atoms with Gasteiger partial charge in [0.25, 0.3) is 11.5 Å². The van der Waals surface area contributed by atoms with Crippen LogP contribution in [0.25, 0.3) is 0 Å². The highest BCUT2D eigenvalue weighted by Crippen LogP contribution is 2.23. The maximum atomic E-state index is 14.3. The van der Waals surface area contributed by atoms with E-state index in [-0.39, 0.29) is 30.9 Å². The molecule has 14 heteroatoms.